The van der Waals surface area contributed by atoms with E-state index in [0.717, 1.165) is 6.42 Å². The largest absolute Gasteiger partial charge is 0.309 e. The molecular weight excluding hydrogens is 276 g/mol. The van der Waals surface area contributed by atoms with E-state index in [1.807, 2.05) is 0 Å². The molecule has 0 aliphatic heterocycles. The average molecular weight is 297 g/mol. The van der Waals surface area contributed by atoms with Crippen molar-refractivity contribution < 1.29 is 4.92 Å². The number of rotatable bonds is 4. The Bertz CT molecular complexity index is 479. The third-order valence-electron chi connectivity index (χ3n) is 4.19. The van der Waals surface area contributed by atoms with Crippen LogP contribution in [0, 0.1) is 16.0 Å². The number of hydrogen-bond acceptors (Lipinski definition) is 3. The molecule has 0 bridgehead atoms. The summed E-state index contributed by atoms with van der Waals surface area (Å²) in [5, 5.41) is 15.0. The topological polar surface area (TPSA) is 55.2 Å². The maximum Gasteiger partial charge on any atom is 0.275 e. The Balaban J connectivity index is 2.08. The summed E-state index contributed by atoms with van der Waals surface area (Å²) in [4.78, 5) is 10.7. The molecule has 0 aromatic heterocycles. The first-order valence-electron chi connectivity index (χ1n) is 7.24. The summed E-state index contributed by atoms with van der Waals surface area (Å²) in [7, 11) is 0. The maximum absolute atomic E-state index is 11.1. The van der Waals surface area contributed by atoms with Gasteiger partial charge in [-0.2, -0.15) is 0 Å². The maximum atomic E-state index is 11.1. The van der Waals surface area contributed by atoms with Crippen molar-refractivity contribution in [3.05, 3.63) is 38.9 Å². The molecule has 110 valence electrons. The smallest absolute Gasteiger partial charge is 0.275 e. The fraction of sp³-hybridized carbons (Fsp3) is 0.600. The van der Waals surface area contributed by atoms with Crippen LogP contribution < -0.4 is 5.32 Å². The van der Waals surface area contributed by atoms with Gasteiger partial charge in [-0.3, -0.25) is 10.1 Å². The van der Waals surface area contributed by atoms with Gasteiger partial charge in [0.2, 0.25) is 0 Å². The molecule has 2 unspecified atom stereocenters. The fourth-order valence-corrected chi connectivity index (χ4v) is 3.16. The van der Waals surface area contributed by atoms with Crippen LogP contribution in [0.4, 0.5) is 5.69 Å². The minimum Gasteiger partial charge on any atom is -0.309 e. The predicted molar refractivity (Wildman–Crippen MR) is 81.0 cm³/mol. The molecule has 0 radical (unpaired) electrons. The molecule has 1 aliphatic rings. The highest BCUT2D eigenvalue weighted by atomic mass is 35.5. The van der Waals surface area contributed by atoms with E-state index in [0.29, 0.717) is 29.1 Å². The molecule has 1 fully saturated rings. The highest BCUT2D eigenvalue weighted by Crippen LogP contribution is 2.28. The molecule has 0 saturated heterocycles. The summed E-state index contributed by atoms with van der Waals surface area (Å²) in [5.41, 5.74) is 0.696. The van der Waals surface area contributed by atoms with Crippen molar-refractivity contribution in [3.63, 3.8) is 0 Å². The van der Waals surface area contributed by atoms with Gasteiger partial charge in [-0.05, 0) is 24.8 Å². The van der Waals surface area contributed by atoms with Gasteiger partial charge in [-0.1, -0.05) is 43.9 Å². The number of nitro groups is 1. The van der Waals surface area contributed by atoms with Crippen LogP contribution in [0.3, 0.4) is 0 Å². The molecule has 0 heterocycles. The minimum absolute atomic E-state index is 0.103. The predicted octanol–water partition coefficient (Wildman–Crippen LogP) is 4.31. The normalized spacial score (nSPS) is 23.3. The van der Waals surface area contributed by atoms with Gasteiger partial charge < -0.3 is 5.32 Å². The van der Waals surface area contributed by atoms with E-state index >= 15 is 0 Å². The zero-order valence-corrected chi connectivity index (χ0v) is 12.5. The Kier molecular flexibility index (Phi) is 5.38. The van der Waals surface area contributed by atoms with Crippen LogP contribution in [-0.2, 0) is 6.54 Å². The highest BCUT2D eigenvalue weighted by molar-refractivity contribution is 6.31. The molecule has 1 aliphatic carbocycles. The van der Waals surface area contributed by atoms with Gasteiger partial charge in [0.05, 0.1) is 15.5 Å². The van der Waals surface area contributed by atoms with Crippen molar-refractivity contribution >= 4 is 17.3 Å². The highest BCUT2D eigenvalue weighted by Gasteiger charge is 2.22. The van der Waals surface area contributed by atoms with Crippen molar-refractivity contribution in [2.24, 2.45) is 5.92 Å². The number of nitrogens with one attached hydrogen (secondary N) is 1. The molecule has 4 nitrogen and oxygen atoms in total. The zero-order chi connectivity index (χ0) is 14.5. The lowest BCUT2D eigenvalue weighted by Gasteiger charge is -2.23. The summed E-state index contributed by atoms with van der Waals surface area (Å²) in [6.45, 7) is 2.72. The van der Waals surface area contributed by atoms with Crippen LogP contribution in [0.5, 0.6) is 0 Å². The Morgan fingerprint density at radius 2 is 2.10 bits per heavy atom. The summed E-state index contributed by atoms with van der Waals surface area (Å²) in [6, 6.07) is 5.27. The monoisotopic (exact) mass is 296 g/mol. The van der Waals surface area contributed by atoms with E-state index in [1.165, 1.54) is 31.7 Å². The first-order valence-corrected chi connectivity index (χ1v) is 7.62. The zero-order valence-electron chi connectivity index (χ0n) is 11.8. The van der Waals surface area contributed by atoms with Crippen LogP contribution in [0.25, 0.3) is 0 Å². The fourth-order valence-electron chi connectivity index (χ4n) is 2.92. The van der Waals surface area contributed by atoms with Crippen LogP contribution >= 0.6 is 11.6 Å². The molecule has 20 heavy (non-hydrogen) atoms. The van der Waals surface area contributed by atoms with E-state index in [-0.39, 0.29) is 10.6 Å². The van der Waals surface area contributed by atoms with Crippen molar-refractivity contribution in [1.29, 1.82) is 0 Å². The van der Waals surface area contributed by atoms with E-state index < -0.39 is 0 Å². The van der Waals surface area contributed by atoms with Crippen LogP contribution in [-0.4, -0.2) is 11.0 Å². The quantitative estimate of drug-likeness (QED) is 0.512. The molecule has 1 N–H and O–H groups in total. The van der Waals surface area contributed by atoms with Crippen molar-refractivity contribution in [2.45, 2.75) is 51.6 Å². The van der Waals surface area contributed by atoms with Crippen molar-refractivity contribution in [3.8, 4) is 0 Å². The van der Waals surface area contributed by atoms with Crippen molar-refractivity contribution in [2.75, 3.05) is 0 Å². The molecule has 5 heteroatoms. The molecule has 2 rings (SSSR count). The molecule has 1 aromatic carbocycles. The summed E-state index contributed by atoms with van der Waals surface area (Å²) < 4.78 is 0. The second-order valence-corrected chi connectivity index (χ2v) is 6.00. The van der Waals surface area contributed by atoms with E-state index in [4.69, 9.17) is 11.6 Å². The first-order chi connectivity index (χ1) is 9.59. The van der Waals surface area contributed by atoms with E-state index in [9.17, 15) is 10.1 Å². The Morgan fingerprint density at radius 1 is 1.35 bits per heavy atom. The minimum atomic E-state index is -0.362. The van der Waals surface area contributed by atoms with Gasteiger partial charge in [-0.15, -0.1) is 0 Å². The second-order valence-electron chi connectivity index (χ2n) is 5.60. The lowest BCUT2D eigenvalue weighted by atomic mass is 9.96. The Labute approximate surface area is 124 Å². The van der Waals surface area contributed by atoms with Crippen molar-refractivity contribution in [1.82, 2.24) is 5.32 Å². The van der Waals surface area contributed by atoms with Crippen LogP contribution in [0.1, 0.15) is 44.6 Å². The number of halogens is 1. The lowest BCUT2D eigenvalue weighted by Crippen LogP contribution is -2.34. The summed E-state index contributed by atoms with van der Waals surface area (Å²) in [6.07, 6.45) is 6.16. The number of nitro benzene ring substituents is 1. The summed E-state index contributed by atoms with van der Waals surface area (Å²) >= 11 is 6.12. The molecule has 2 atom stereocenters. The van der Waals surface area contributed by atoms with Gasteiger partial charge in [0, 0.05) is 18.7 Å². The number of benzene rings is 1. The van der Waals surface area contributed by atoms with E-state index in [2.05, 4.69) is 12.2 Å². The van der Waals surface area contributed by atoms with Gasteiger partial charge in [0.25, 0.3) is 5.69 Å². The van der Waals surface area contributed by atoms with Crippen LogP contribution in [0.15, 0.2) is 18.2 Å². The van der Waals surface area contributed by atoms with Crippen LogP contribution in [0.2, 0.25) is 5.02 Å². The molecule has 1 saturated carbocycles. The lowest BCUT2D eigenvalue weighted by molar-refractivity contribution is -0.385. The average Bonchev–Trinajstić information content (AvgIpc) is 2.62. The molecule has 0 amide bonds. The Hall–Kier alpha value is -1.13. The Morgan fingerprint density at radius 3 is 2.85 bits per heavy atom. The first kappa shape index (κ1) is 15.3. The molecule has 0 spiro atoms. The van der Waals surface area contributed by atoms with Gasteiger partial charge in [0.1, 0.15) is 0 Å². The molecular formula is C15H21ClN2O2. The third kappa shape index (κ3) is 3.70. The standard InChI is InChI=1S/C15H21ClN2O2/c1-11-6-3-2-4-8-14(11)17-10-12-13(16)7-5-9-15(12)18(19)20/h5,7,9,11,14,17H,2-4,6,8,10H2,1H3. The SMILES string of the molecule is CC1CCCCCC1NCc1c(Cl)cccc1[N+](=O)[O-]. The molecule has 1 aromatic rings. The second kappa shape index (κ2) is 7.04. The number of hydrogen-bond donors (Lipinski definition) is 1. The third-order valence-corrected chi connectivity index (χ3v) is 4.55. The summed E-state index contributed by atoms with van der Waals surface area (Å²) in [5.74, 6) is 0.610. The van der Waals surface area contributed by atoms with Gasteiger partial charge in [0.15, 0.2) is 0 Å². The van der Waals surface area contributed by atoms with Gasteiger partial charge >= 0.3 is 0 Å². The number of nitrogens with zero attached hydrogens (tertiary/aromatic N) is 1. The van der Waals surface area contributed by atoms with Gasteiger partial charge in [-0.25, -0.2) is 0 Å². The van der Waals surface area contributed by atoms with E-state index in [1.54, 1.807) is 12.1 Å².